The maximum absolute atomic E-state index is 12.6. The molecule has 0 atom stereocenters. The molecule has 0 heterocycles. The van der Waals surface area contributed by atoms with E-state index in [4.69, 9.17) is 5.26 Å². The summed E-state index contributed by atoms with van der Waals surface area (Å²) < 4.78 is 42.2. The molecule has 19 heavy (non-hydrogen) atoms. The number of carbonyl (C=O) groups excluding carboxylic acids is 1. The Hall–Kier alpha value is -1.68. The van der Waals surface area contributed by atoms with Gasteiger partial charge >= 0.3 is 11.5 Å². The van der Waals surface area contributed by atoms with Gasteiger partial charge in [0.2, 0.25) is 0 Å². The Morgan fingerprint density at radius 1 is 1.47 bits per heavy atom. The highest BCUT2D eigenvalue weighted by molar-refractivity contribution is 8.00. The molecule has 1 aromatic rings. The molecule has 0 N–H and O–H groups in total. The van der Waals surface area contributed by atoms with Crippen LogP contribution in [0.1, 0.15) is 28.4 Å². The van der Waals surface area contributed by atoms with Crippen LogP contribution in [0, 0.1) is 11.3 Å². The fourth-order valence-electron chi connectivity index (χ4n) is 1.59. The van der Waals surface area contributed by atoms with Crippen LogP contribution >= 0.6 is 11.8 Å². The normalized spacial score (nSPS) is 10.9. The highest BCUT2D eigenvalue weighted by atomic mass is 32.2. The number of thioether (sulfide) groups is 1. The fraction of sp³-hybridized carbons (Fsp3) is 0.333. The van der Waals surface area contributed by atoms with Crippen molar-refractivity contribution in [3.8, 4) is 6.07 Å². The van der Waals surface area contributed by atoms with Gasteiger partial charge in [-0.1, -0.05) is 6.92 Å². The minimum atomic E-state index is -4.54. The molecule has 0 bridgehead atoms. The number of nitrogens with zero attached hydrogens (tertiary/aromatic N) is 1. The standard InChI is InChI=1S/C12H10F3NO2S/c1-3-8-7(6-16)4-5-9(11(17)18-2)10(8)19-12(13,14)15/h4-5H,3H2,1-2H3. The van der Waals surface area contributed by atoms with Crippen LogP contribution in [0.4, 0.5) is 13.2 Å². The van der Waals surface area contributed by atoms with Crippen molar-refractivity contribution in [2.75, 3.05) is 7.11 Å². The average Bonchev–Trinajstić information content (AvgIpc) is 2.35. The van der Waals surface area contributed by atoms with E-state index in [-0.39, 0.29) is 28.0 Å². The molecule has 0 amide bonds. The number of rotatable bonds is 3. The number of carbonyl (C=O) groups is 1. The van der Waals surface area contributed by atoms with E-state index in [1.165, 1.54) is 12.1 Å². The summed E-state index contributed by atoms with van der Waals surface area (Å²) >= 11 is -0.400. The molecule has 0 radical (unpaired) electrons. The number of alkyl halides is 3. The van der Waals surface area contributed by atoms with E-state index in [0.717, 1.165) is 7.11 Å². The molecule has 0 saturated heterocycles. The van der Waals surface area contributed by atoms with Crippen molar-refractivity contribution >= 4 is 17.7 Å². The van der Waals surface area contributed by atoms with Gasteiger partial charge in [0.15, 0.2) is 0 Å². The topological polar surface area (TPSA) is 50.1 Å². The van der Waals surface area contributed by atoms with Gasteiger partial charge in [0.1, 0.15) is 0 Å². The lowest BCUT2D eigenvalue weighted by atomic mass is 10.0. The van der Waals surface area contributed by atoms with Crippen LogP contribution in [0.15, 0.2) is 17.0 Å². The molecule has 7 heteroatoms. The summed E-state index contributed by atoms with van der Waals surface area (Å²) in [7, 11) is 1.09. The van der Waals surface area contributed by atoms with Gasteiger partial charge < -0.3 is 4.74 Å². The van der Waals surface area contributed by atoms with E-state index >= 15 is 0 Å². The zero-order chi connectivity index (χ0) is 14.6. The van der Waals surface area contributed by atoms with Crippen molar-refractivity contribution in [3.63, 3.8) is 0 Å². The predicted octanol–water partition coefficient (Wildman–Crippen LogP) is 3.52. The second-order valence-corrected chi connectivity index (χ2v) is 4.55. The maximum atomic E-state index is 12.6. The smallest absolute Gasteiger partial charge is 0.446 e. The molecule has 3 nitrogen and oxygen atoms in total. The Kier molecular flexibility index (Phi) is 4.84. The van der Waals surface area contributed by atoms with Gasteiger partial charge in [0.25, 0.3) is 0 Å². The zero-order valence-corrected chi connectivity index (χ0v) is 11.0. The van der Waals surface area contributed by atoms with Crippen molar-refractivity contribution in [3.05, 3.63) is 28.8 Å². The lowest BCUT2D eigenvalue weighted by Gasteiger charge is -2.14. The number of methoxy groups -OCH3 is 1. The Bertz CT molecular complexity index is 535. The SMILES string of the molecule is CCc1c(C#N)ccc(C(=O)OC)c1SC(F)(F)F. The van der Waals surface area contributed by atoms with Gasteiger partial charge in [-0.25, -0.2) is 4.79 Å². The van der Waals surface area contributed by atoms with Crippen LogP contribution in [0.25, 0.3) is 0 Å². The molecule has 102 valence electrons. The zero-order valence-electron chi connectivity index (χ0n) is 10.2. The third-order valence-electron chi connectivity index (χ3n) is 2.36. The van der Waals surface area contributed by atoms with Gasteiger partial charge in [0, 0.05) is 4.90 Å². The number of halogens is 3. The lowest BCUT2D eigenvalue weighted by Crippen LogP contribution is -2.10. The highest BCUT2D eigenvalue weighted by Crippen LogP contribution is 2.41. The van der Waals surface area contributed by atoms with Crippen LogP contribution < -0.4 is 0 Å². The molecule has 0 aliphatic rings. The van der Waals surface area contributed by atoms with E-state index in [2.05, 4.69) is 4.74 Å². The van der Waals surface area contributed by atoms with Crippen LogP contribution in [-0.2, 0) is 11.2 Å². The Balaban J connectivity index is 3.49. The quantitative estimate of drug-likeness (QED) is 0.631. The van der Waals surface area contributed by atoms with Crippen LogP contribution in [0.2, 0.25) is 0 Å². The maximum Gasteiger partial charge on any atom is 0.446 e. The summed E-state index contributed by atoms with van der Waals surface area (Å²) in [4.78, 5) is 11.2. The minimum absolute atomic E-state index is 0.127. The monoisotopic (exact) mass is 289 g/mol. The molecule has 0 unspecified atom stereocenters. The third-order valence-corrected chi connectivity index (χ3v) is 3.26. The number of hydrogen-bond acceptors (Lipinski definition) is 4. The number of esters is 1. The van der Waals surface area contributed by atoms with Crippen molar-refractivity contribution in [2.24, 2.45) is 0 Å². The third kappa shape index (κ3) is 3.64. The molecule has 0 saturated carbocycles. The minimum Gasteiger partial charge on any atom is -0.465 e. The summed E-state index contributed by atoms with van der Waals surface area (Å²) in [6.45, 7) is 1.62. The van der Waals surface area contributed by atoms with Gasteiger partial charge in [-0.2, -0.15) is 18.4 Å². The van der Waals surface area contributed by atoms with Gasteiger partial charge in [0.05, 0.1) is 24.3 Å². The second-order valence-electron chi connectivity index (χ2n) is 3.47. The van der Waals surface area contributed by atoms with Crippen molar-refractivity contribution in [2.45, 2.75) is 23.7 Å². The molecular weight excluding hydrogens is 279 g/mol. The largest absolute Gasteiger partial charge is 0.465 e. The van der Waals surface area contributed by atoms with E-state index in [1.807, 2.05) is 6.07 Å². The molecule has 0 aliphatic carbocycles. The molecular formula is C12H10F3NO2S. The fourth-order valence-corrected chi connectivity index (χ4v) is 2.46. The number of nitriles is 1. The first-order chi connectivity index (χ1) is 8.84. The first-order valence-electron chi connectivity index (χ1n) is 5.24. The first-order valence-corrected chi connectivity index (χ1v) is 6.05. The molecule has 0 aliphatic heterocycles. The summed E-state index contributed by atoms with van der Waals surface area (Å²) in [5, 5.41) is 8.90. The van der Waals surface area contributed by atoms with Crippen LogP contribution in [-0.4, -0.2) is 18.6 Å². The van der Waals surface area contributed by atoms with Crippen LogP contribution in [0.3, 0.4) is 0 Å². The van der Waals surface area contributed by atoms with E-state index in [0.29, 0.717) is 0 Å². The summed E-state index contributed by atoms with van der Waals surface area (Å²) in [5.41, 5.74) is -4.39. The summed E-state index contributed by atoms with van der Waals surface area (Å²) in [6.07, 6.45) is 0.214. The molecule has 1 rings (SSSR count). The van der Waals surface area contributed by atoms with Gasteiger partial charge in [-0.3, -0.25) is 0 Å². The van der Waals surface area contributed by atoms with E-state index < -0.39 is 23.2 Å². The van der Waals surface area contributed by atoms with Crippen molar-refractivity contribution in [1.82, 2.24) is 0 Å². The Morgan fingerprint density at radius 2 is 2.11 bits per heavy atom. The molecule has 0 fully saturated rings. The summed E-state index contributed by atoms with van der Waals surface area (Å²) in [5.74, 6) is -0.856. The van der Waals surface area contributed by atoms with Gasteiger partial charge in [-0.05, 0) is 35.9 Å². The molecule has 0 spiro atoms. The van der Waals surface area contributed by atoms with E-state index in [9.17, 15) is 18.0 Å². The summed E-state index contributed by atoms with van der Waals surface area (Å²) in [6, 6.07) is 4.33. The number of hydrogen-bond donors (Lipinski definition) is 0. The number of benzene rings is 1. The highest BCUT2D eigenvalue weighted by Gasteiger charge is 2.33. The van der Waals surface area contributed by atoms with Crippen molar-refractivity contribution < 1.29 is 22.7 Å². The van der Waals surface area contributed by atoms with Crippen LogP contribution in [0.5, 0.6) is 0 Å². The second kappa shape index (κ2) is 5.97. The predicted molar refractivity (Wildman–Crippen MR) is 63.8 cm³/mol. The lowest BCUT2D eigenvalue weighted by molar-refractivity contribution is -0.0328. The number of ether oxygens (including phenoxy) is 1. The Labute approximate surface area is 112 Å². The molecule has 1 aromatic carbocycles. The van der Waals surface area contributed by atoms with Gasteiger partial charge in [-0.15, -0.1) is 0 Å². The molecule has 0 aromatic heterocycles. The van der Waals surface area contributed by atoms with E-state index in [1.54, 1.807) is 6.92 Å². The first kappa shape index (κ1) is 15.4. The average molecular weight is 289 g/mol. The Morgan fingerprint density at radius 3 is 2.53 bits per heavy atom. The van der Waals surface area contributed by atoms with Crippen molar-refractivity contribution in [1.29, 1.82) is 5.26 Å².